The quantitative estimate of drug-likeness (QED) is 0.727. The Hall–Kier alpha value is -0.950. The van der Waals surface area contributed by atoms with Crippen molar-refractivity contribution in [2.45, 2.75) is 13.8 Å². The van der Waals surface area contributed by atoms with Crippen molar-refractivity contribution in [3.8, 4) is 0 Å². The van der Waals surface area contributed by atoms with Crippen molar-refractivity contribution < 1.29 is 0 Å². The first-order valence-corrected chi connectivity index (χ1v) is 4.73. The molecule has 0 bridgehead atoms. The Morgan fingerprint density at radius 1 is 1.46 bits per heavy atom. The van der Waals surface area contributed by atoms with Crippen LogP contribution in [0.15, 0.2) is 30.4 Å². The molecule has 0 spiro atoms. The van der Waals surface area contributed by atoms with Gasteiger partial charge in [0.25, 0.3) is 0 Å². The van der Waals surface area contributed by atoms with Gasteiger partial charge in [0.15, 0.2) is 0 Å². The third-order valence-corrected chi connectivity index (χ3v) is 2.07. The van der Waals surface area contributed by atoms with Gasteiger partial charge in [-0.3, -0.25) is 0 Å². The van der Waals surface area contributed by atoms with E-state index in [-0.39, 0.29) is 0 Å². The van der Waals surface area contributed by atoms with Gasteiger partial charge in [0.1, 0.15) is 0 Å². The van der Waals surface area contributed by atoms with Crippen molar-refractivity contribution in [2.75, 3.05) is 11.9 Å². The Kier molecular flexibility index (Phi) is 3.84. The van der Waals surface area contributed by atoms with E-state index < -0.39 is 0 Å². The normalized spacial score (nSPS) is 10.7. The Labute approximate surface area is 84.4 Å². The molecule has 2 heteroatoms. The van der Waals surface area contributed by atoms with E-state index in [2.05, 4.69) is 11.4 Å². The minimum atomic E-state index is 0.786. The van der Waals surface area contributed by atoms with Crippen molar-refractivity contribution in [1.29, 1.82) is 0 Å². The first-order valence-electron chi connectivity index (χ1n) is 4.35. The van der Waals surface area contributed by atoms with E-state index in [4.69, 9.17) is 11.6 Å². The molecule has 0 saturated heterocycles. The fourth-order valence-electron chi connectivity index (χ4n) is 1.11. The zero-order valence-electron chi connectivity index (χ0n) is 7.97. The minimum Gasteiger partial charge on any atom is -0.381 e. The lowest BCUT2D eigenvalue weighted by atomic mass is 10.2. The number of allylic oxidation sites excluding steroid dienone is 1. The van der Waals surface area contributed by atoms with Gasteiger partial charge in [-0.25, -0.2) is 0 Å². The molecule has 0 aliphatic rings. The molecule has 1 nitrogen and oxygen atoms in total. The van der Waals surface area contributed by atoms with Crippen LogP contribution < -0.4 is 5.32 Å². The molecule has 0 aliphatic carbocycles. The maximum atomic E-state index is 5.84. The Balaban J connectivity index is 2.66. The van der Waals surface area contributed by atoms with Gasteiger partial charge in [-0.2, -0.15) is 0 Å². The SMILES string of the molecule is C/C=C\CNc1ccc(Cl)cc1C. The fraction of sp³-hybridized carbons (Fsp3) is 0.273. The van der Waals surface area contributed by atoms with Crippen LogP contribution in [0.4, 0.5) is 5.69 Å². The molecule has 1 aromatic carbocycles. The van der Waals surface area contributed by atoms with Crippen LogP contribution in [0.25, 0.3) is 0 Å². The molecular weight excluding hydrogens is 182 g/mol. The summed E-state index contributed by atoms with van der Waals surface area (Å²) in [4.78, 5) is 0. The van der Waals surface area contributed by atoms with E-state index in [1.54, 1.807) is 0 Å². The fourth-order valence-corrected chi connectivity index (χ4v) is 1.34. The van der Waals surface area contributed by atoms with Crippen LogP contribution in [0.3, 0.4) is 0 Å². The predicted molar refractivity (Wildman–Crippen MR) is 59.5 cm³/mol. The largest absolute Gasteiger partial charge is 0.381 e. The first-order chi connectivity index (χ1) is 6.24. The number of rotatable bonds is 3. The molecule has 0 radical (unpaired) electrons. The van der Waals surface area contributed by atoms with Crippen LogP contribution in [0.5, 0.6) is 0 Å². The summed E-state index contributed by atoms with van der Waals surface area (Å²) in [7, 11) is 0. The zero-order chi connectivity index (χ0) is 9.68. The van der Waals surface area contributed by atoms with Crippen LogP contribution >= 0.6 is 11.6 Å². The summed E-state index contributed by atoms with van der Waals surface area (Å²) >= 11 is 5.84. The van der Waals surface area contributed by atoms with E-state index in [9.17, 15) is 0 Å². The summed E-state index contributed by atoms with van der Waals surface area (Å²) in [6.07, 6.45) is 4.10. The third-order valence-electron chi connectivity index (χ3n) is 1.83. The molecule has 0 aliphatic heterocycles. The molecule has 1 rings (SSSR count). The smallest absolute Gasteiger partial charge is 0.0410 e. The maximum Gasteiger partial charge on any atom is 0.0410 e. The predicted octanol–water partition coefficient (Wildman–Crippen LogP) is 3.64. The van der Waals surface area contributed by atoms with Crippen LogP contribution in [0, 0.1) is 6.92 Å². The number of benzene rings is 1. The molecule has 0 aromatic heterocycles. The van der Waals surface area contributed by atoms with Gasteiger partial charge in [0.05, 0.1) is 0 Å². The van der Waals surface area contributed by atoms with Crippen molar-refractivity contribution in [1.82, 2.24) is 0 Å². The lowest BCUT2D eigenvalue weighted by molar-refractivity contribution is 1.29. The van der Waals surface area contributed by atoms with Gasteiger partial charge in [0.2, 0.25) is 0 Å². The van der Waals surface area contributed by atoms with Crippen molar-refractivity contribution in [3.63, 3.8) is 0 Å². The summed E-state index contributed by atoms with van der Waals surface area (Å²) < 4.78 is 0. The number of hydrogen-bond acceptors (Lipinski definition) is 1. The summed E-state index contributed by atoms with van der Waals surface area (Å²) in [5, 5.41) is 4.08. The number of nitrogens with one attached hydrogen (secondary N) is 1. The van der Waals surface area contributed by atoms with Crippen LogP contribution in [0.2, 0.25) is 5.02 Å². The second kappa shape index (κ2) is 4.93. The average molecular weight is 196 g/mol. The van der Waals surface area contributed by atoms with Crippen LogP contribution in [-0.2, 0) is 0 Å². The monoisotopic (exact) mass is 195 g/mol. The van der Waals surface area contributed by atoms with Crippen molar-refractivity contribution >= 4 is 17.3 Å². The maximum absolute atomic E-state index is 5.84. The third kappa shape index (κ3) is 3.11. The van der Waals surface area contributed by atoms with E-state index in [1.165, 1.54) is 5.56 Å². The number of halogens is 1. The number of hydrogen-bond donors (Lipinski definition) is 1. The van der Waals surface area contributed by atoms with Gasteiger partial charge >= 0.3 is 0 Å². The molecule has 70 valence electrons. The van der Waals surface area contributed by atoms with Gasteiger partial charge in [-0.15, -0.1) is 0 Å². The highest BCUT2D eigenvalue weighted by molar-refractivity contribution is 6.30. The second-order valence-electron chi connectivity index (χ2n) is 2.91. The Morgan fingerprint density at radius 2 is 2.23 bits per heavy atom. The highest BCUT2D eigenvalue weighted by Crippen LogP contribution is 2.19. The van der Waals surface area contributed by atoms with E-state index in [1.807, 2.05) is 38.1 Å². The summed E-state index contributed by atoms with van der Waals surface area (Å²) in [6.45, 7) is 4.92. The molecule has 1 N–H and O–H groups in total. The second-order valence-corrected chi connectivity index (χ2v) is 3.35. The molecule has 0 fully saturated rings. The van der Waals surface area contributed by atoms with Gasteiger partial charge < -0.3 is 5.32 Å². The van der Waals surface area contributed by atoms with Crippen molar-refractivity contribution in [2.24, 2.45) is 0 Å². The lowest BCUT2D eigenvalue weighted by Gasteiger charge is -2.07. The van der Waals surface area contributed by atoms with Gasteiger partial charge in [-0.05, 0) is 37.6 Å². The first kappa shape index (κ1) is 10.1. The number of anilines is 1. The average Bonchev–Trinajstić information content (AvgIpc) is 2.09. The Morgan fingerprint density at radius 3 is 2.85 bits per heavy atom. The molecule has 0 saturated carbocycles. The number of aryl methyl sites for hydroxylation is 1. The summed E-state index contributed by atoms with van der Waals surface area (Å²) in [5.41, 5.74) is 2.32. The highest BCUT2D eigenvalue weighted by Gasteiger charge is 1.96. The van der Waals surface area contributed by atoms with Gasteiger partial charge in [-0.1, -0.05) is 23.8 Å². The molecule has 0 amide bonds. The Bertz CT molecular complexity index is 305. The van der Waals surface area contributed by atoms with E-state index in [0.29, 0.717) is 0 Å². The molecule has 0 atom stereocenters. The summed E-state index contributed by atoms with van der Waals surface area (Å²) in [5.74, 6) is 0. The van der Waals surface area contributed by atoms with E-state index in [0.717, 1.165) is 17.3 Å². The molecule has 0 heterocycles. The van der Waals surface area contributed by atoms with Crippen LogP contribution in [0.1, 0.15) is 12.5 Å². The molecule has 13 heavy (non-hydrogen) atoms. The molecule has 0 unspecified atom stereocenters. The zero-order valence-corrected chi connectivity index (χ0v) is 8.73. The molecular formula is C11H14ClN. The minimum absolute atomic E-state index is 0.786. The highest BCUT2D eigenvalue weighted by atomic mass is 35.5. The molecule has 1 aromatic rings. The lowest BCUT2D eigenvalue weighted by Crippen LogP contribution is -1.99. The topological polar surface area (TPSA) is 12.0 Å². The van der Waals surface area contributed by atoms with Crippen LogP contribution in [-0.4, -0.2) is 6.54 Å². The summed E-state index contributed by atoms with van der Waals surface area (Å²) in [6, 6.07) is 5.85. The standard InChI is InChI=1S/C11H14ClN/c1-3-4-7-13-11-6-5-10(12)8-9(11)2/h3-6,8,13H,7H2,1-2H3/b4-3-. The van der Waals surface area contributed by atoms with E-state index >= 15 is 0 Å². The van der Waals surface area contributed by atoms with Gasteiger partial charge in [0, 0.05) is 17.3 Å². The van der Waals surface area contributed by atoms with Crippen molar-refractivity contribution in [3.05, 3.63) is 40.9 Å².